The second-order valence-corrected chi connectivity index (χ2v) is 5.25. The van der Waals surface area contributed by atoms with Crippen molar-refractivity contribution >= 4 is 16.7 Å². The van der Waals surface area contributed by atoms with Crippen molar-refractivity contribution in [3.63, 3.8) is 0 Å². The van der Waals surface area contributed by atoms with E-state index in [0.29, 0.717) is 0 Å². The predicted molar refractivity (Wildman–Crippen MR) is 82.5 cm³/mol. The van der Waals surface area contributed by atoms with Crippen molar-refractivity contribution in [3.8, 4) is 0 Å². The fourth-order valence-electron chi connectivity index (χ4n) is 2.22. The van der Waals surface area contributed by atoms with Crippen molar-refractivity contribution in [3.05, 3.63) is 48.0 Å². The normalized spacial score (nSPS) is 13.9. The zero-order chi connectivity index (χ0) is 14.5. The van der Waals surface area contributed by atoms with Crippen LogP contribution in [0, 0.1) is 5.92 Å². The van der Waals surface area contributed by atoms with Gasteiger partial charge in [0.25, 0.3) is 0 Å². The molecule has 2 nitrogen and oxygen atoms in total. The smallest absolute Gasteiger partial charge is 0.309 e. The summed E-state index contributed by atoms with van der Waals surface area (Å²) in [5.41, 5.74) is 1.07. The van der Waals surface area contributed by atoms with E-state index in [9.17, 15) is 4.79 Å². The first kappa shape index (κ1) is 14.6. The molecule has 0 radical (unpaired) electrons. The first-order chi connectivity index (χ1) is 9.65. The summed E-state index contributed by atoms with van der Waals surface area (Å²) in [5, 5.41) is 2.39. The van der Waals surface area contributed by atoms with Gasteiger partial charge in [0.1, 0.15) is 6.10 Å². The fraction of sp³-hybridized carbons (Fsp3) is 0.389. The molecule has 0 bridgehead atoms. The lowest BCUT2D eigenvalue weighted by atomic mass is 10.0. The van der Waals surface area contributed by atoms with Crippen LogP contribution in [0.3, 0.4) is 0 Å². The largest absolute Gasteiger partial charge is 0.457 e. The van der Waals surface area contributed by atoms with Crippen molar-refractivity contribution < 1.29 is 9.53 Å². The maximum absolute atomic E-state index is 12.0. The van der Waals surface area contributed by atoms with Crippen LogP contribution in [-0.4, -0.2) is 5.97 Å². The zero-order valence-corrected chi connectivity index (χ0v) is 12.4. The summed E-state index contributed by atoms with van der Waals surface area (Å²) in [6, 6.07) is 14.5. The highest BCUT2D eigenvalue weighted by molar-refractivity contribution is 5.83. The van der Waals surface area contributed by atoms with Crippen LogP contribution in [0.25, 0.3) is 10.8 Å². The molecule has 0 N–H and O–H groups in total. The van der Waals surface area contributed by atoms with Crippen LogP contribution < -0.4 is 0 Å². The summed E-state index contributed by atoms with van der Waals surface area (Å²) < 4.78 is 5.65. The number of ether oxygens (including phenoxy) is 1. The molecule has 2 rings (SSSR count). The Morgan fingerprint density at radius 1 is 1.05 bits per heavy atom. The number of fused-ring (bicyclic) bond motifs is 1. The predicted octanol–water partition coefficient (Wildman–Crippen LogP) is 4.88. The Morgan fingerprint density at radius 2 is 1.75 bits per heavy atom. The minimum Gasteiger partial charge on any atom is -0.457 e. The van der Waals surface area contributed by atoms with Crippen LogP contribution in [0.5, 0.6) is 0 Å². The average Bonchev–Trinajstić information content (AvgIpc) is 2.51. The molecule has 2 atom stereocenters. The first-order valence-electron chi connectivity index (χ1n) is 7.34. The molecule has 2 heteroatoms. The summed E-state index contributed by atoms with van der Waals surface area (Å²) in [6.45, 7) is 5.96. The monoisotopic (exact) mass is 270 g/mol. The van der Waals surface area contributed by atoms with Crippen molar-refractivity contribution in [2.45, 2.75) is 39.7 Å². The second-order valence-electron chi connectivity index (χ2n) is 5.25. The lowest BCUT2D eigenvalue weighted by Gasteiger charge is -2.19. The minimum absolute atomic E-state index is 0.0375. The Hall–Kier alpha value is -1.83. The number of hydrogen-bond donors (Lipinski definition) is 0. The molecule has 20 heavy (non-hydrogen) atoms. The van der Waals surface area contributed by atoms with Crippen LogP contribution in [-0.2, 0) is 9.53 Å². The van der Waals surface area contributed by atoms with E-state index in [1.807, 2.05) is 32.9 Å². The van der Waals surface area contributed by atoms with E-state index in [1.165, 1.54) is 10.8 Å². The third-order valence-electron chi connectivity index (χ3n) is 3.79. The van der Waals surface area contributed by atoms with Gasteiger partial charge in [-0.1, -0.05) is 57.2 Å². The first-order valence-corrected chi connectivity index (χ1v) is 7.34. The number of carbonyl (C=O) groups is 1. The SMILES string of the molecule is CCC(C)C(=O)OC(CC)c1ccc2ccccc2c1. The summed E-state index contributed by atoms with van der Waals surface area (Å²) in [4.78, 5) is 12.0. The van der Waals surface area contributed by atoms with Gasteiger partial charge in [-0.05, 0) is 35.2 Å². The van der Waals surface area contributed by atoms with Gasteiger partial charge in [0.15, 0.2) is 0 Å². The lowest BCUT2D eigenvalue weighted by Crippen LogP contribution is -2.17. The number of benzene rings is 2. The molecule has 0 aliphatic heterocycles. The Morgan fingerprint density at radius 3 is 2.40 bits per heavy atom. The molecule has 0 aromatic heterocycles. The highest BCUT2D eigenvalue weighted by atomic mass is 16.5. The average molecular weight is 270 g/mol. The number of esters is 1. The third-order valence-corrected chi connectivity index (χ3v) is 3.79. The molecule has 0 aliphatic rings. The van der Waals surface area contributed by atoms with Gasteiger partial charge in [-0.3, -0.25) is 4.79 Å². The number of carbonyl (C=O) groups excluding carboxylic acids is 1. The molecular formula is C18H22O2. The Bertz CT molecular complexity index is 589. The maximum atomic E-state index is 12.0. The molecule has 0 amide bonds. The summed E-state index contributed by atoms with van der Waals surface area (Å²) in [7, 11) is 0. The summed E-state index contributed by atoms with van der Waals surface area (Å²) in [6.07, 6.45) is 1.45. The zero-order valence-electron chi connectivity index (χ0n) is 12.4. The van der Waals surface area contributed by atoms with Crippen LogP contribution >= 0.6 is 0 Å². The van der Waals surface area contributed by atoms with E-state index in [0.717, 1.165) is 18.4 Å². The van der Waals surface area contributed by atoms with Gasteiger partial charge >= 0.3 is 5.97 Å². The van der Waals surface area contributed by atoms with Gasteiger partial charge in [0.2, 0.25) is 0 Å². The van der Waals surface area contributed by atoms with Gasteiger partial charge in [-0.2, -0.15) is 0 Å². The molecule has 2 aromatic carbocycles. The van der Waals surface area contributed by atoms with E-state index in [4.69, 9.17) is 4.74 Å². The van der Waals surface area contributed by atoms with Crippen LogP contribution in [0.4, 0.5) is 0 Å². The van der Waals surface area contributed by atoms with Gasteiger partial charge in [0, 0.05) is 0 Å². The molecular weight excluding hydrogens is 248 g/mol. The standard InChI is InChI=1S/C18H22O2/c1-4-13(3)18(19)20-17(5-2)16-11-10-14-8-6-7-9-15(14)12-16/h6-13,17H,4-5H2,1-3H3. The van der Waals surface area contributed by atoms with E-state index in [-0.39, 0.29) is 18.0 Å². The summed E-state index contributed by atoms with van der Waals surface area (Å²) in [5.74, 6) is -0.142. The summed E-state index contributed by atoms with van der Waals surface area (Å²) >= 11 is 0. The van der Waals surface area contributed by atoms with Gasteiger partial charge < -0.3 is 4.74 Å². The third kappa shape index (κ3) is 3.19. The molecule has 2 unspecified atom stereocenters. The highest BCUT2D eigenvalue weighted by Crippen LogP contribution is 2.26. The molecule has 2 aromatic rings. The fourth-order valence-corrected chi connectivity index (χ4v) is 2.22. The van der Waals surface area contributed by atoms with Crippen LogP contribution in [0.15, 0.2) is 42.5 Å². The maximum Gasteiger partial charge on any atom is 0.309 e. The lowest BCUT2D eigenvalue weighted by molar-refractivity contribution is -0.154. The molecule has 0 fully saturated rings. The van der Waals surface area contributed by atoms with Gasteiger partial charge in [-0.15, -0.1) is 0 Å². The Kier molecular flexibility index (Phi) is 4.78. The molecule has 0 heterocycles. The topological polar surface area (TPSA) is 26.3 Å². The van der Waals surface area contributed by atoms with E-state index >= 15 is 0 Å². The minimum atomic E-state index is -0.152. The Balaban J connectivity index is 2.23. The van der Waals surface area contributed by atoms with Crippen molar-refractivity contribution in [2.24, 2.45) is 5.92 Å². The quantitative estimate of drug-likeness (QED) is 0.724. The molecule has 0 saturated heterocycles. The van der Waals surface area contributed by atoms with E-state index in [2.05, 4.69) is 30.3 Å². The second kappa shape index (κ2) is 6.56. The molecule has 106 valence electrons. The molecule has 0 spiro atoms. The van der Waals surface area contributed by atoms with Crippen molar-refractivity contribution in [1.82, 2.24) is 0 Å². The van der Waals surface area contributed by atoms with E-state index < -0.39 is 0 Å². The van der Waals surface area contributed by atoms with Crippen molar-refractivity contribution in [1.29, 1.82) is 0 Å². The Labute approximate surface area is 120 Å². The van der Waals surface area contributed by atoms with Crippen LogP contribution in [0.1, 0.15) is 45.3 Å². The number of rotatable bonds is 5. The molecule has 0 aliphatic carbocycles. The van der Waals surface area contributed by atoms with Crippen molar-refractivity contribution in [2.75, 3.05) is 0 Å². The number of hydrogen-bond acceptors (Lipinski definition) is 2. The van der Waals surface area contributed by atoms with Gasteiger partial charge in [-0.25, -0.2) is 0 Å². The van der Waals surface area contributed by atoms with Crippen LogP contribution in [0.2, 0.25) is 0 Å². The van der Waals surface area contributed by atoms with Gasteiger partial charge in [0.05, 0.1) is 5.92 Å². The van der Waals surface area contributed by atoms with E-state index in [1.54, 1.807) is 0 Å². The molecule has 0 saturated carbocycles. The highest BCUT2D eigenvalue weighted by Gasteiger charge is 2.19.